The third kappa shape index (κ3) is 3.42. The number of rotatable bonds is 3. The van der Waals surface area contributed by atoms with Crippen LogP contribution in [0.5, 0.6) is 11.6 Å². The Balaban J connectivity index is 2.35. The molecule has 0 bridgehead atoms. The molecule has 0 aliphatic heterocycles. The smallest absolute Gasteiger partial charge is 0.223 e. The van der Waals surface area contributed by atoms with Crippen LogP contribution in [0.25, 0.3) is 0 Å². The molecular formula is C13H11BrClFN2O. The van der Waals surface area contributed by atoms with Gasteiger partial charge >= 0.3 is 0 Å². The summed E-state index contributed by atoms with van der Waals surface area (Å²) in [5, 5.41) is 0.00899. The van der Waals surface area contributed by atoms with Crippen molar-refractivity contribution in [3.8, 4) is 11.6 Å². The number of hydrogen-bond donors (Lipinski definition) is 0. The van der Waals surface area contributed by atoms with Crippen LogP contribution in [0.15, 0.2) is 28.9 Å². The molecule has 0 radical (unpaired) electrons. The minimum Gasteiger partial charge on any atom is -0.436 e. The van der Waals surface area contributed by atoms with Crippen LogP contribution in [0.2, 0.25) is 5.02 Å². The van der Waals surface area contributed by atoms with Crippen LogP contribution in [0.3, 0.4) is 0 Å². The van der Waals surface area contributed by atoms with Crippen molar-refractivity contribution < 1.29 is 9.13 Å². The highest BCUT2D eigenvalue weighted by molar-refractivity contribution is 9.10. The maximum Gasteiger partial charge on any atom is 0.223 e. The third-order valence-corrected chi connectivity index (χ3v) is 3.03. The highest BCUT2D eigenvalue weighted by Crippen LogP contribution is 2.29. The van der Waals surface area contributed by atoms with Gasteiger partial charge in [0, 0.05) is 12.0 Å². The quantitative estimate of drug-likeness (QED) is 0.738. The van der Waals surface area contributed by atoms with Crippen molar-refractivity contribution in [3.63, 3.8) is 0 Å². The minimum absolute atomic E-state index is 0.00899. The van der Waals surface area contributed by atoms with Crippen LogP contribution >= 0.6 is 27.5 Å². The first-order valence-corrected chi connectivity index (χ1v) is 6.81. The Bertz CT molecular complexity index is 607. The van der Waals surface area contributed by atoms with Gasteiger partial charge in [-0.3, -0.25) is 0 Å². The molecule has 19 heavy (non-hydrogen) atoms. The van der Waals surface area contributed by atoms with Gasteiger partial charge in [-0.1, -0.05) is 31.5 Å². The molecule has 0 unspecified atom stereocenters. The van der Waals surface area contributed by atoms with Crippen molar-refractivity contribution in [2.24, 2.45) is 0 Å². The Morgan fingerprint density at radius 2 is 2.05 bits per heavy atom. The van der Waals surface area contributed by atoms with Crippen molar-refractivity contribution in [1.82, 2.24) is 9.97 Å². The summed E-state index contributed by atoms with van der Waals surface area (Å²) in [5.74, 6) is 0.459. The zero-order valence-electron chi connectivity index (χ0n) is 10.3. The third-order valence-electron chi connectivity index (χ3n) is 2.34. The Morgan fingerprint density at radius 1 is 1.32 bits per heavy atom. The fourth-order valence-electron chi connectivity index (χ4n) is 1.40. The zero-order valence-corrected chi connectivity index (χ0v) is 12.7. The zero-order chi connectivity index (χ0) is 14.0. The SMILES string of the molecule is CC(C)c1nc(Br)cc(Oc2cccc(Cl)c2F)n1. The monoisotopic (exact) mass is 344 g/mol. The van der Waals surface area contributed by atoms with Crippen LogP contribution < -0.4 is 4.74 Å². The molecule has 1 heterocycles. The Kier molecular flexibility index (Phi) is 4.37. The lowest BCUT2D eigenvalue weighted by molar-refractivity contribution is 0.423. The van der Waals surface area contributed by atoms with Gasteiger partial charge < -0.3 is 4.74 Å². The van der Waals surface area contributed by atoms with Crippen molar-refractivity contribution in [2.75, 3.05) is 0 Å². The summed E-state index contributed by atoms with van der Waals surface area (Å²) in [6.45, 7) is 3.93. The van der Waals surface area contributed by atoms with Gasteiger partial charge in [-0.2, -0.15) is 4.98 Å². The maximum atomic E-state index is 13.7. The topological polar surface area (TPSA) is 35.0 Å². The molecule has 2 rings (SSSR count). The highest BCUT2D eigenvalue weighted by Gasteiger charge is 2.12. The van der Waals surface area contributed by atoms with E-state index in [1.165, 1.54) is 12.1 Å². The Hall–Kier alpha value is -1.20. The summed E-state index contributed by atoms with van der Waals surface area (Å²) in [7, 11) is 0. The van der Waals surface area contributed by atoms with Crippen LogP contribution in [-0.2, 0) is 0 Å². The molecule has 6 heteroatoms. The van der Waals surface area contributed by atoms with E-state index in [0.29, 0.717) is 10.4 Å². The number of aromatic nitrogens is 2. The van der Waals surface area contributed by atoms with E-state index in [0.717, 1.165) is 0 Å². The lowest BCUT2D eigenvalue weighted by Gasteiger charge is -2.09. The van der Waals surface area contributed by atoms with Gasteiger partial charge in [0.05, 0.1) is 5.02 Å². The van der Waals surface area contributed by atoms with Crippen LogP contribution in [0.4, 0.5) is 4.39 Å². The van der Waals surface area contributed by atoms with Gasteiger partial charge in [0.15, 0.2) is 11.6 Å². The number of halogens is 3. The predicted octanol–water partition coefficient (Wildman–Crippen LogP) is 4.95. The lowest BCUT2D eigenvalue weighted by Crippen LogP contribution is -2.00. The fraction of sp³-hybridized carbons (Fsp3) is 0.231. The van der Waals surface area contributed by atoms with Crippen molar-refractivity contribution in [2.45, 2.75) is 19.8 Å². The second-order valence-corrected chi connectivity index (χ2v) is 5.42. The summed E-state index contributed by atoms with van der Waals surface area (Å²) in [6.07, 6.45) is 0. The van der Waals surface area contributed by atoms with Crippen molar-refractivity contribution in [1.29, 1.82) is 0 Å². The Labute approximate surface area is 123 Å². The summed E-state index contributed by atoms with van der Waals surface area (Å²) in [4.78, 5) is 8.45. The predicted molar refractivity (Wildman–Crippen MR) is 75.3 cm³/mol. The molecular weight excluding hydrogens is 335 g/mol. The van der Waals surface area contributed by atoms with Crippen molar-refractivity contribution in [3.05, 3.63) is 45.5 Å². The van der Waals surface area contributed by atoms with Gasteiger partial charge in [0.1, 0.15) is 10.4 Å². The van der Waals surface area contributed by atoms with Crippen LogP contribution in [0, 0.1) is 5.82 Å². The summed E-state index contributed by atoms with van der Waals surface area (Å²) < 4.78 is 19.7. The van der Waals surface area contributed by atoms with Gasteiger partial charge in [-0.05, 0) is 28.1 Å². The van der Waals surface area contributed by atoms with Gasteiger partial charge in [-0.25, -0.2) is 9.37 Å². The summed E-state index contributed by atoms with van der Waals surface area (Å²) in [5.41, 5.74) is 0. The standard InChI is InChI=1S/C13H11BrClFN2O/c1-7(2)13-17-10(14)6-11(18-13)19-9-5-3-4-8(15)12(9)16/h3-7H,1-2H3. The van der Waals surface area contributed by atoms with Gasteiger partial charge in [0.2, 0.25) is 5.88 Å². The van der Waals surface area contributed by atoms with Crippen LogP contribution in [0.1, 0.15) is 25.6 Å². The number of benzene rings is 1. The lowest BCUT2D eigenvalue weighted by atomic mass is 10.2. The van der Waals surface area contributed by atoms with Crippen LogP contribution in [-0.4, -0.2) is 9.97 Å². The molecule has 0 saturated carbocycles. The molecule has 0 amide bonds. The number of ether oxygens (including phenoxy) is 1. The second kappa shape index (κ2) is 5.84. The van der Waals surface area contributed by atoms with Gasteiger partial charge in [0.25, 0.3) is 0 Å². The minimum atomic E-state index is -0.606. The Morgan fingerprint density at radius 3 is 2.74 bits per heavy atom. The highest BCUT2D eigenvalue weighted by atomic mass is 79.9. The molecule has 0 fully saturated rings. The molecule has 0 N–H and O–H groups in total. The summed E-state index contributed by atoms with van der Waals surface area (Å²) >= 11 is 8.97. The second-order valence-electron chi connectivity index (χ2n) is 4.20. The molecule has 1 aromatic carbocycles. The molecule has 0 atom stereocenters. The first-order valence-electron chi connectivity index (χ1n) is 5.63. The van der Waals surface area contributed by atoms with E-state index in [1.807, 2.05) is 13.8 Å². The van der Waals surface area contributed by atoms with E-state index in [2.05, 4.69) is 25.9 Å². The number of hydrogen-bond acceptors (Lipinski definition) is 3. The first-order chi connectivity index (χ1) is 8.97. The normalized spacial score (nSPS) is 10.8. The summed E-state index contributed by atoms with van der Waals surface area (Å²) in [6, 6.07) is 6.14. The first kappa shape index (κ1) is 14.2. The maximum absolute atomic E-state index is 13.7. The average molecular weight is 346 g/mol. The average Bonchev–Trinajstić information content (AvgIpc) is 2.34. The molecule has 1 aromatic heterocycles. The molecule has 0 spiro atoms. The van der Waals surface area contributed by atoms with E-state index >= 15 is 0 Å². The number of nitrogens with zero attached hydrogens (tertiary/aromatic N) is 2. The van der Waals surface area contributed by atoms with E-state index in [9.17, 15) is 4.39 Å². The molecule has 0 aliphatic rings. The van der Waals surface area contributed by atoms with Gasteiger partial charge in [-0.15, -0.1) is 0 Å². The largest absolute Gasteiger partial charge is 0.436 e. The van der Waals surface area contributed by atoms with E-state index < -0.39 is 5.82 Å². The fourth-order valence-corrected chi connectivity index (χ4v) is 1.94. The molecule has 100 valence electrons. The molecule has 0 aliphatic carbocycles. The molecule has 0 saturated heterocycles. The van der Waals surface area contributed by atoms with E-state index in [1.54, 1.807) is 12.1 Å². The van der Waals surface area contributed by atoms with Crippen molar-refractivity contribution >= 4 is 27.5 Å². The molecule has 3 nitrogen and oxygen atoms in total. The van der Waals surface area contributed by atoms with E-state index in [4.69, 9.17) is 16.3 Å². The van der Waals surface area contributed by atoms with E-state index in [-0.39, 0.29) is 22.6 Å². The molecule has 2 aromatic rings.